The summed E-state index contributed by atoms with van der Waals surface area (Å²) in [4.78, 5) is 3.46. The van der Waals surface area contributed by atoms with E-state index >= 15 is 0 Å². The largest absolute Gasteiger partial charge is 0.490 e. The summed E-state index contributed by atoms with van der Waals surface area (Å²) in [5, 5.41) is 1.08. The number of fused-ring (bicyclic) bond motifs is 2. The van der Waals surface area contributed by atoms with E-state index in [9.17, 15) is 0 Å². The zero-order chi connectivity index (χ0) is 18.1. The van der Waals surface area contributed by atoms with Crippen LogP contribution in [0.3, 0.4) is 0 Å². The Morgan fingerprint density at radius 1 is 0.963 bits per heavy atom. The molecule has 2 heterocycles. The lowest BCUT2D eigenvalue weighted by Crippen LogP contribution is -2.04. The van der Waals surface area contributed by atoms with Crippen LogP contribution in [0.25, 0.3) is 11.0 Å². The number of hydrogen-bond donors (Lipinski definition) is 1. The minimum atomic E-state index is 0.599. The van der Waals surface area contributed by atoms with Crippen LogP contribution in [0.2, 0.25) is 0 Å². The topological polar surface area (TPSA) is 38.2 Å². The number of benzene rings is 2. The number of furan rings is 1. The van der Waals surface area contributed by atoms with Gasteiger partial charge in [-0.1, -0.05) is 36.4 Å². The third-order valence-corrected chi connectivity index (χ3v) is 5.63. The maximum Gasteiger partial charge on any atom is 0.175 e. The van der Waals surface area contributed by atoms with Crippen molar-refractivity contribution < 1.29 is 9.15 Å². The molecule has 0 saturated heterocycles. The first-order chi connectivity index (χ1) is 13.4. The Balaban J connectivity index is 1.21. The summed E-state index contributed by atoms with van der Waals surface area (Å²) in [5.41, 5.74) is 6.67. The molecule has 0 atom stereocenters. The molecular weight excluding hydrogens is 334 g/mol. The first-order valence-corrected chi connectivity index (χ1v) is 9.70. The van der Waals surface area contributed by atoms with Gasteiger partial charge in [0, 0.05) is 17.3 Å². The molecule has 0 radical (unpaired) electrons. The number of ether oxygens (including phenoxy) is 1. The van der Waals surface area contributed by atoms with E-state index < -0.39 is 0 Å². The third-order valence-electron chi connectivity index (χ3n) is 5.63. The van der Waals surface area contributed by atoms with E-state index in [0.717, 1.165) is 42.4 Å². The Morgan fingerprint density at radius 3 is 2.67 bits per heavy atom. The second kappa shape index (κ2) is 6.99. The highest BCUT2D eigenvalue weighted by Crippen LogP contribution is 2.35. The highest BCUT2D eigenvalue weighted by molar-refractivity contribution is 5.82. The van der Waals surface area contributed by atoms with Crippen LogP contribution in [0.1, 0.15) is 34.7 Å². The lowest BCUT2D eigenvalue weighted by Gasteiger charge is -2.11. The van der Waals surface area contributed by atoms with Gasteiger partial charge in [0.1, 0.15) is 0 Å². The quantitative estimate of drug-likeness (QED) is 0.453. The van der Waals surface area contributed by atoms with Crippen molar-refractivity contribution in [2.75, 3.05) is 6.61 Å². The normalized spacial score (nSPS) is 13.9. The molecule has 4 aromatic rings. The zero-order valence-corrected chi connectivity index (χ0v) is 15.3. The molecule has 0 aliphatic heterocycles. The van der Waals surface area contributed by atoms with E-state index in [0.29, 0.717) is 12.5 Å². The highest BCUT2D eigenvalue weighted by Gasteiger charge is 2.24. The molecule has 5 rings (SSSR count). The average molecular weight is 357 g/mol. The highest BCUT2D eigenvalue weighted by atomic mass is 16.5. The van der Waals surface area contributed by atoms with E-state index in [1.165, 1.54) is 22.4 Å². The standard InChI is InChI=1S/C24H23NO2/c1-2-6-19-16-20(15-18(19)5-1)21-10-12-25-22(21)8-4-13-26-23-9-3-7-17-11-14-27-24(17)23/h1-3,5-7,9-12,14,20,25H,4,8,13,15-16H2. The molecule has 2 aromatic carbocycles. The van der Waals surface area contributed by atoms with Crippen molar-refractivity contribution in [3.8, 4) is 5.75 Å². The summed E-state index contributed by atoms with van der Waals surface area (Å²) in [6.45, 7) is 0.684. The second-order valence-electron chi connectivity index (χ2n) is 7.33. The van der Waals surface area contributed by atoms with Crippen LogP contribution in [0.15, 0.2) is 71.5 Å². The van der Waals surface area contributed by atoms with Gasteiger partial charge >= 0.3 is 0 Å². The maximum absolute atomic E-state index is 5.98. The van der Waals surface area contributed by atoms with Crippen molar-refractivity contribution >= 4 is 11.0 Å². The van der Waals surface area contributed by atoms with E-state index in [4.69, 9.17) is 9.15 Å². The number of rotatable bonds is 6. The SMILES string of the molecule is c1ccc2c(c1)CC(c1cc[nH]c1CCCOc1cccc3ccoc13)C2. The van der Waals surface area contributed by atoms with Crippen LogP contribution in [0.4, 0.5) is 0 Å². The number of H-pyrrole nitrogens is 1. The fourth-order valence-corrected chi connectivity index (χ4v) is 4.30. The van der Waals surface area contributed by atoms with Crippen molar-refractivity contribution in [1.82, 2.24) is 4.98 Å². The fourth-order valence-electron chi connectivity index (χ4n) is 4.30. The Hall–Kier alpha value is -2.94. The van der Waals surface area contributed by atoms with Gasteiger partial charge in [0.2, 0.25) is 0 Å². The minimum absolute atomic E-state index is 0.599. The molecule has 1 aliphatic rings. The summed E-state index contributed by atoms with van der Waals surface area (Å²) >= 11 is 0. The summed E-state index contributed by atoms with van der Waals surface area (Å²) in [7, 11) is 0. The molecule has 1 aliphatic carbocycles. The van der Waals surface area contributed by atoms with E-state index in [-0.39, 0.29) is 0 Å². The molecule has 0 bridgehead atoms. The lowest BCUT2D eigenvalue weighted by molar-refractivity contribution is 0.309. The van der Waals surface area contributed by atoms with Gasteiger partial charge in [-0.2, -0.15) is 0 Å². The van der Waals surface area contributed by atoms with Crippen molar-refractivity contribution in [1.29, 1.82) is 0 Å². The van der Waals surface area contributed by atoms with Gasteiger partial charge in [-0.3, -0.25) is 0 Å². The van der Waals surface area contributed by atoms with Gasteiger partial charge in [0.05, 0.1) is 12.9 Å². The zero-order valence-electron chi connectivity index (χ0n) is 15.3. The summed E-state index contributed by atoms with van der Waals surface area (Å²) in [5.74, 6) is 1.43. The molecule has 0 fully saturated rings. The van der Waals surface area contributed by atoms with Crippen molar-refractivity contribution in [2.24, 2.45) is 0 Å². The molecule has 2 aromatic heterocycles. The number of hydrogen-bond acceptors (Lipinski definition) is 2. The predicted octanol–water partition coefficient (Wildman–Crippen LogP) is 5.65. The number of aromatic amines is 1. The lowest BCUT2D eigenvalue weighted by atomic mass is 9.95. The van der Waals surface area contributed by atoms with Gasteiger partial charge in [0.15, 0.2) is 11.3 Å². The van der Waals surface area contributed by atoms with E-state index in [2.05, 4.69) is 41.5 Å². The fraction of sp³-hybridized carbons (Fsp3) is 0.250. The molecule has 136 valence electrons. The Labute approximate surface area is 159 Å². The second-order valence-corrected chi connectivity index (χ2v) is 7.33. The first kappa shape index (κ1) is 16.2. The molecule has 0 unspecified atom stereocenters. The molecule has 0 amide bonds. The molecule has 3 nitrogen and oxygen atoms in total. The number of aryl methyl sites for hydroxylation is 1. The van der Waals surface area contributed by atoms with Gasteiger partial charge in [0.25, 0.3) is 0 Å². The van der Waals surface area contributed by atoms with Crippen LogP contribution in [0.5, 0.6) is 5.75 Å². The van der Waals surface area contributed by atoms with Crippen LogP contribution in [-0.2, 0) is 19.3 Å². The predicted molar refractivity (Wildman–Crippen MR) is 107 cm³/mol. The number of aromatic nitrogens is 1. The van der Waals surface area contributed by atoms with Crippen molar-refractivity contribution in [3.05, 3.63) is 89.4 Å². The first-order valence-electron chi connectivity index (χ1n) is 9.70. The number of para-hydroxylation sites is 1. The third kappa shape index (κ3) is 3.14. The molecule has 3 heteroatoms. The summed E-state index contributed by atoms with van der Waals surface area (Å²) < 4.78 is 11.5. The monoisotopic (exact) mass is 357 g/mol. The number of nitrogens with one attached hydrogen (secondary N) is 1. The molecule has 1 N–H and O–H groups in total. The molecule has 27 heavy (non-hydrogen) atoms. The van der Waals surface area contributed by atoms with Gasteiger partial charge in [-0.15, -0.1) is 0 Å². The Kier molecular flexibility index (Phi) is 4.21. The molecule has 0 spiro atoms. The summed E-state index contributed by atoms with van der Waals surface area (Å²) in [6, 6.07) is 19.1. The average Bonchev–Trinajstić information content (AvgIpc) is 3.43. The van der Waals surface area contributed by atoms with Crippen LogP contribution in [0, 0.1) is 0 Å². The Bertz CT molecular complexity index is 1030. The van der Waals surface area contributed by atoms with Crippen molar-refractivity contribution in [2.45, 2.75) is 31.6 Å². The minimum Gasteiger partial charge on any atom is -0.490 e. The Morgan fingerprint density at radius 2 is 1.81 bits per heavy atom. The molecular formula is C24H23NO2. The van der Waals surface area contributed by atoms with Crippen LogP contribution < -0.4 is 4.74 Å². The van der Waals surface area contributed by atoms with Crippen LogP contribution in [-0.4, -0.2) is 11.6 Å². The van der Waals surface area contributed by atoms with Gasteiger partial charge in [-0.05, 0) is 66.5 Å². The molecule has 0 saturated carbocycles. The smallest absolute Gasteiger partial charge is 0.175 e. The van der Waals surface area contributed by atoms with Crippen LogP contribution >= 0.6 is 0 Å². The maximum atomic E-state index is 5.98. The van der Waals surface area contributed by atoms with E-state index in [1.807, 2.05) is 24.3 Å². The van der Waals surface area contributed by atoms with Gasteiger partial charge in [-0.25, -0.2) is 0 Å². The van der Waals surface area contributed by atoms with Gasteiger partial charge < -0.3 is 14.1 Å². The van der Waals surface area contributed by atoms with Crippen molar-refractivity contribution in [3.63, 3.8) is 0 Å². The van der Waals surface area contributed by atoms with E-state index in [1.54, 1.807) is 6.26 Å². The summed E-state index contributed by atoms with van der Waals surface area (Å²) in [6.07, 6.45) is 8.07.